The second-order valence-corrected chi connectivity index (χ2v) is 7.76. The highest BCUT2D eigenvalue weighted by molar-refractivity contribution is 7.11. The molecule has 5 nitrogen and oxygen atoms in total. The first kappa shape index (κ1) is 19.2. The number of carbonyl (C=O) groups excluding carboxylic acids is 2. The number of nitrogens with zero attached hydrogens (tertiary/aromatic N) is 1. The highest BCUT2D eigenvalue weighted by atomic mass is 35.5. The molecule has 0 aliphatic carbocycles. The van der Waals surface area contributed by atoms with Crippen LogP contribution in [0, 0.1) is 0 Å². The van der Waals surface area contributed by atoms with Crippen molar-refractivity contribution in [3.63, 3.8) is 0 Å². The monoisotopic (exact) mass is 424 g/mol. The Kier molecular flexibility index (Phi) is 5.38. The van der Waals surface area contributed by atoms with Crippen molar-refractivity contribution in [2.24, 2.45) is 0 Å². The van der Waals surface area contributed by atoms with E-state index in [2.05, 4.69) is 5.32 Å². The molecular weight excluding hydrogens is 408 g/mol. The normalized spacial score (nSPS) is 13.9. The van der Waals surface area contributed by atoms with E-state index in [1.165, 1.54) is 23.3 Å². The lowest BCUT2D eigenvalue weighted by atomic mass is 10.1. The van der Waals surface area contributed by atoms with E-state index in [-0.39, 0.29) is 24.1 Å². The summed E-state index contributed by atoms with van der Waals surface area (Å²) < 4.78 is 5.37. The molecule has 0 fully saturated rings. The van der Waals surface area contributed by atoms with Gasteiger partial charge in [-0.05, 0) is 35.2 Å². The Morgan fingerprint density at radius 3 is 2.52 bits per heavy atom. The maximum Gasteiger partial charge on any atom is 0.278 e. The second-order valence-electron chi connectivity index (χ2n) is 6.38. The Morgan fingerprint density at radius 1 is 1.03 bits per heavy atom. The molecule has 1 aliphatic rings. The van der Waals surface area contributed by atoms with Crippen LogP contribution >= 0.6 is 22.9 Å². The van der Waals surface area contributed by atoms with E-state index in [1.807, 2.05) is 47.8 Å². The summed E-state index contributed by atoms with van der Waals surface area (Å²) in [6.07, 6.45) is 0. The van der Waals surface area contributed by atoms with Crippen LogP contribution in [0.1, 0.15) is 10.4 Å². The molecule has 2 amide bonds. The summed E-state index contributed by atoms with van der Waals surface area (Å²) in [6, 6.07) is 18.2. The van der Waals surface area contributed by atoms with Gasteiger partial charge in [0.05, 0.1) is 24.9 Å². The van der Waals surface area contributed by atoms with Gasteiger partial charge >= 0.3 is 0 Å². The zero-order valence-electron chi connectivity index (χ0n) is 15.5. The van der Waals surface area contributed by atoms with Gasteiger partial charge < -0.3 is 10.1 Å². The summed E-state index contributed by atoms with van der Waals surface area (Å²) in [6.45, 7) is 0.200. The van der Waals surface area contributed by atoms with Crippen molar-refractivity contribution in [1.82, 2.24) is 4.90 Å². The number of anilines is 1. The fourth-order valence-corrected chi connectivity index (χ4v) is 4.10. The minimum atomic E-state index is -0.385. The molecule has 0 spiro atoms. The number of ether oxygens (including phenoxy) is 1. The molecule has 146 valence electrons. The molecule has 0 saturated carbocycles. The first-order valence-electron chi connectivity index (χ1n) is 8.87. The lowest BCUT2D eigenvalue weighted by molar-refractivity contribution is -0.137. The van der Waals surface area contributed by atoms with E-state index < -0.39 is 0 Å². The Hall–Kier alpha value is -3.09. The van der Waals surface area contributed by atoms with Gasteiger partial charge in [0, 0.05) is 9.90 Å². The van der Waals surface area contributed by atoms with Crippen molar-refractivity contribution in [2.75, 3.05) is 12.4 Å². The molecule has 29 heavy (non-hydrogen) atoms. The number of amides is 2. The van der Waals surface area contributed by atoms with Crippen molar-refractivity contribution in [3.05, 3.63) is 87.2 Å². The molecule has 0 radical (unpaired) electrons. The standard InChI is InChI=1S/C22H17ClN2O3S/c1-28-17-10-9-15(23)12-16(17)24-20-19(18-8-5-11-29-18)21(26)25(22(20)27)13-14-6-3-2-4-7-14/h2-12,24H,13H2,1H3. The zero-order valence-corrected chi connectivity index (χ0v) is 17.1. The first-order chi connectivity index (χ1) is 14.1. The average Bonchev–Trinajstić information content (AvgIpc) is 3.32. The number of hydrogen-bond donors (Lipinski definition) is 1. The number of carbonyl (C=O) groups is 2. The number of benzene rings is 2. The first-order valence-corrected chi connectivity index (χ1v) is 10.1. The number of methoxy groups -OCH3 is 1. The molecule has 0 saturated heterocycles. The van der Waals surface area contributed by atoms with E-state index in [1.54, 1.807) is 18.2 Å². The largest absolute Gasteiger partial charge is 0.495 e. The smallest absolute Gasteiger partial charge is 0.278 e. The third kappa shape index (κ3) is 3.77. The van der Waals surface area contributed by atoms with Crippen molar-refractivity contribution >= 4 is 46.0 Å². The third-order valence-electron chi connectivity index (χ3n) is 4.54. The summed E-state index contributed by atoms with van der Waals surface area (Å²) in [4.78, 5) is 28.4. The molecule has 4 rings (SSSR count). The zero-order chi connectivity index (χ0) is 20.4. The Morgan fingerprint density at radius 2 is 1.83 bits per heavy atom. The molecule has 0 atom stereocenters. The number of hydrogen-bond acceptors (Lipinski definition) is 5. The molecule has 0 bridgehead atoms. The summed E-state index contributed by atoms with van der Waals surface area (Å²) in [5.74, 6) is -0.191. The van der Waals surface area contributed by atoms with Crippen LogP contribution in [0.3, 0.4) is 0 Å². The lowest BCUT2D eigenvalue weighted by Crippen LogP contribution is -2.31. The van der Waals surface area contributed by atoms with Gasteiger partial charge in [-0.25, -0.2) is 0 Å². The number of imide groups is 1. The third-order valence-corrected chi connectivity index (χ3v) is 5.66. The fraction of sp³-hybridized carbons (Fsp3) is 0.0909. The lowest BCUT2D eigenvalue weighted by Gasteiger charge is -2.16. The molecule has 1 N–H and O–H groups in total. The van der Waals surface area contributed by atoms with Crippen molar-refractivity contribution in [3.8, 4) is 5.75 Å². The minimum Gasteiger partial charge on any atom is -0.495 e. The maximum absolute atomic E-state index is 13.2. The maximum atomic E-state index is 13.2. The van der Waals surface area contributed by atoms with Crippen LogP contribution in [0.5, 0.6) is 5.75 Å². The van der Waals surface area contributed by atoms with Crippen molar-refractivity contribution in [1.29, 1.82) is 0 Å². The van der Waals surface area contributed by atoms with Gasteiger partial charge in [-0.15, -0.1) is 11.3 Å². The van der Waals surface area contributed by atoms with Crippen LogP contribution in [-0.4, -0.2) is 23.8 Å². The van der Waals surface area contributed by atoms with Gasteiger partial charge in [0.1, 0.15) is 11.4 Å². The average molecular weight is 425 g/mol. The van der Waals surface area contributed by atoms with Gasteiger partial charge in [0.2, 0.25) is 0 Å². The van der Waals surface area contributed by atoms with Crippen molar-refractivity contribution < 1.29 is 14.3 Å². The van der Waals surface area contributed by atoms with E-state index in [9.17, 15) is 9.59 Å². The molecule has 1 aliphatic heterocycles. The predicted molar refractivity (Wildman–Crippen MR) is 115 cm³/mol. The molecule has 3 aromatic rings. The summed E-state index contributed by atoms with van der Waals surface area (Å²) >= 11 is 7.53. The highest BCUT2D eigenvalue weighted by Crippen LogP contribution is 2.36. The minimum absolute atomic E-state index is 0.200. The fourth-order valence-electron chi connectivity index (χ4n) is 3.16. The Labute approximate surface area is 177 Å². The number of halogens is 1. The van der Waals surface area contributed by atoms with E-state index in [0.717, 1.165) is 10.4 Å². The van der Waals surface area contributed by atoms with Crippen LogP contribution in [0.15, 0.2) is 71.7 Å². The van der Waals surface area contributed by atoms with Crippen molar-refractivity contribution in [2.45, 2.75) is 6.54 Å². The SMILES string of the molecule is COc1ccc(Cl)cc1NC1=C(c2cccs2)C(=O)N(Cc2ccccc2)C1=O. The Bertz CT molecular complexity index is 1090. The van der Waals surface area contributed by atoms with Gasteiger partial charge in [-0.1, -0.05) is 48.0 Å². The van der Waals surface area contributed by atoms with E-state index in [4.69, 9.17) is 16.3 Å². The van der Waals surface area contributed by atoms with Crippen LogP contribution in [0.4, 0.5) is 5.69 Å². The van der Waals surface area contributed by atoms with Gasteiger partial charge in [0.25, 0.3) is 11.8 Å². The summed E-state index contributed by atoms with van der Waals surface area (Å²) in [5.41, 5.74) is 1.96. The van der Waals surface area contributed by atoms with Crippen LogP contribution in [0.2, 0.25) is 5.02 Å². The molecule has 7 heteroatoms. The topological polar surface area (TPSA) is 58.6 Å². The number of rotatable bonds is 6. The molecular formula is C22H17ClN2O3S. The highest BCUT2D eigenvalue weighted by Gasteiger charge is 2.39. The molecule has 2 aromatic carbocycles. The van der Waals surface area contributed by atoms with Crippen LogP contribution in [0.25, 0.3) is 5.57 Å². The van der Waals surface area contributed by atoms with Gasteiger partial charge in [-0.3, -0.25) is 14.5 Å². The molecule has 0 unspecified atom stereocenters. The number of thiophene rings is 1. The Balaban J connectivity index is 1.75. The van der Waals surface area contributed by atoms with Crippen LogP contribution in [-0.2, 0) is 16.1 Å². The van der Waals surface area contributed by atoms with Crippen LogP contribution < -0.4 is 10.1 Å². The van der Waals surface area contributed by atoms with E-state index >= 15 is 0 Å². The second kappa shape index (κ2) is 8.11. The molecule has 1 aromatic heterocycles. The summed E-state index contributed by atoms with van der Waals surface area (Å²) in [7, 11) is 1.53. The number of nitrogens with one attached hydrogen (secondary N) is 1. The predicted octanol–water partition coefficient (Wildman–Crippen LogP) is 4.80. The van der Waals surface area contributed by atoms with E-state index in [0.29, 0.717) is 22.0 Å². The summed E-state index contributed by atoms with van der Waals surface area (Å²) in [5, 5.41) is 5.46. The van der Waals surface area contributed by atoms with Gasteiger partial charge in [-0.2, -0.15) is 0 Å². The van der Waals surface area contributed by atoms with Gasteiger partial charge in [0.15, 0.2) is 0 Å². The molecule has 2 heterocycles. The quantitative estimate of drug-likeness (QED) is 0.577.